The molecule has 0 spiro atoms. The standard InChI is InChI=1S/C17H22N4O4/c1-12-17(21-7-6-20-12)25-11-14(22)10-19-8-9-24-15-4-2-13(3-5-15)16(18)23/h2-7,14,19,22H,8-11H2,1H3,(H2,18,23). The Labute approximate surface area is 146 Å². The Morgan fingerprint density at radius 3 is 2.64 bits per heavy atom. The molecule has 0 aliphatic heterocycles. The van der Waals surface area contributed by atoms with Crippen molar-refractivity contribution in [3.63, 3.8) is 0 Å². The summed E-state index contributed by atoms with van der Waals surface area (Å²) < 4.78 is 10.9. The van der Waals surface area contributed by atoms with Crippen LogP contribution in [0.3, 0.4) is 0 Å². The van der Waals surface area contributed by atoms with E-state index in [4.69, 9.17) is 15.2 Å². The van der Waals surface area contributed by atoms with Crippen molar-refractivity contribution in [1.82, 2.24) is 15.3 Å². The molecule has 0 bridgehead atoms. The first-order valence-electron chi connectivity index (χ1n) is 7.88. The molecule has 2 aromatic rings. The number of primary amides is 1. The highest BCUT2D eigenvalue weighted by Crippen LogP contribution is 2.11. The molecule has 4 N–H and O–H groups in total. The minimum absolute atomic E-state index is 0.127. The van der Waals surface area contributed by atoms with Crippen LogP contribution in [0, 0.1) is 6.92 Å². The van der Waals surface area contributed by atoms with Gasteiger partial charge in [0, 0.05) is 31.0 Å². The monoisotopic (exact) mass is 346 g/mol. The lowest BCUT2D eigenvalue weighted by Crippen LogP contribution is -2.33. The second kappa shape index (κ2) is 9.55. The first-order valence-corrected chi connectivity index (χ1v) is 7.88. The lowest BCUT2D eigenvalue weighted by molar-refractivity contribution is 0.1000. The predicted octanol–water partition coefficient (Wildman–Crippen LogP) is 0.292. The Bertz CT molecular complexity index is 679. The van der Waals surface area contributed by atoms with Crippen LogP contribution in [-0.2, 0) is 0 Å². The third-order valence-corrected chi connectivity index (χ3v) is 3.31. The Morgan fingerprint density at radius 2 is 1.96 bits per heavy atom. The second-order valence-electron chi connectivity index (χ2n) is 5.35. The van der Waals surface area contributed by atoms with Crippen molar-refractivity contribution in [2.45, 2.75) is 13.0 Å². The number of carbonyl (C=O) groups is 1. The Morgan fingerprint density at radius 1 is 1.24 bits per heavy atom. The van der Waals surface area contributed by atoms with E-state index in [1.807, 2.05) is 0 Å². The van der Waals surface area contributed by atoms with Crippen molar-refractivity contribution in [2.24, 2.45) is 5.73 Å². The number of nitrogens with two attached hydrogens (primary N) is 1. The van der Waals surface area contributed by atoms with Gasteiger partial charge in [0.15, 0.2) is 0 Å². The highest BCUT2D eigenvalue weighted by atomic mass is 16.5. The van der Waals surface area contributed by atoms with Gasteiger partial charge >= 0.3 is 0 Å². The Kier molecular flexibility index (Phi) is 7.12. The summed E-state index contributed by atoms with van der Waals surface area (Å²) in [7, 11) is 0. The molecule has 8 nitrogen and oxygen atoms in total. The van der Waals surface area contributed by atoms with E-state index in [9.17, 15) is 9.90 Å². The molecule has 1 unspecified atom stereocenters. The van der Waals surface area contributed by atoms with Crippen LogP contribution < -0.4 is 20.5 Å². The molecule has 1 aromatic carbocycles. The number of nitrogens with one attached hydrogen (secondary N) is 1. The maximum atomic E-state index is 11.0. The predicted molar refractivity (Wildman–Crippen MR) is 91.6 cm³/mol. The maximum absolute atomic E-state index is 11.0. The van der Waals surface area contributed by atoms with E-state index in [1.54, 1.807) is 43.6 Å². The molecule has 0 fully saturated rings. The highest BCUT2D eigenvalue weighted by molar-refractivity contribution is 5.92. The molecule has 1 heterocycles. The fourth-order valence-corrected chi connectivity index (χ4v) is 2.00. The summed E-state index contributed by atoms with van der Waals surface area (Å²) in [5.41, 5.74) is 6.29. The van der Waals surface area contributed by atoms with Gasteiger partial charge in [0.1, 0.15) is 25.1 Å². The van der Waals surface area contributed by atoms with Gasteiger partial charge in [-0.2, -0.15) is 0 Å². The third kappa shape index (κ3) is 6.36. The van der Waals surface area contributed by atoms with Crippen molar-refractivity contribution in [3.05, 3.63) is 47.9 Å². The number of ether oxygens (including phenoxy) is 2. The largest absolute Gasteiger partial charge is 0.492 e. The molecular formula is C17H22N4O4. The van der Waals surface area contributed by atoms with Gasteiger partial charge in [-0.05, 0) is 31.2 Å². The zero-order valence-corrected chi connectivity index (χ0v) is 14.0. The van der Waals surface area contributed by atoms with Crippen LogP contribution in [0.4, 0.5) is 0 Å². The van der Waals surface area contributed by atoms with Crippen LogP contribution in [0.5, 0.6) is 11.6 Å². The zero-order chi connectivity index (χ0) is 18.1. The number of aromatic nitrogens is 2. The van der Waals surface area contributed by atoms with Gasteiger partial charge in [-0.1, -0.05) is 0 Å². The molecule has 25 heavy (non-hydrogen) atoms. The van der Waals surface area contributed by atoms with Crippen molar-refractivity contribution < 1.29 is 19.4 Å². The topological polar surface area (TPSA) is 120 Å². The molecule has 134 valence electrons. The molecule has 8 heteroatoms. The Balaban J connectivity index is 1.59. The minimum Gasteiger partial charge on any atom is -0.492 e. The van der Waals surface area contributed by atoms with E-state index in [0.717, 1.165) is 0 Å². The van der Waals surface area contributed by atoms with Crippen LogP contribution in [0.1, 0.15) is 16.1 Å². The molecule has 2 rings (SSSR count). The SMILES string of the molecule is Cc1nccnc1OCC(O)CNCCOc1ccc(C(N)=O)cc1. The summed E-state index contributed by atoms with van der Waals surface area (Å²) in [5, 5.41) is 13.0. The Hall–Kier alpha value is -2.71. The summed E-state index contributed by atoms with van der Waals surface area (Å²) in [4.78, 5) is 19.1. The number of hydrogen-bond donors (Lipinski definition) is 3. The van der Waals surface area contributed by atoms with Gasteiger partial charge in [-0.25, -0.2) is 4.98 Å². The lowest BCUT2D eigenvalue weighted by Gasteiger charge is -2.13. The minimum atomic E-state index is -0.670. The van der Waals surface area contributed by atoms with E-state index < -0.39 is 12.0 Å². The first kappa shape index (κ1) is 18.6. The molecule has 0 radical (unpaired) electrons. The molecule has 0 aliphatic carbocycles. The van der Waals surface area contributed by atoms with Crippen LogP contribution in [0.25, 0.3) is 0 Å². The molecule has 1 atom stereocenters. The first-order chi connectivity index (χ1) is 12.1. The highest BCUT2D eigenvalue weighted by Gasteiger charge is 2.07. The number of amides is 1. The van der Waals surface area contributed by atoms with Gasteiger partial charge in [-0.3, -0.25) is 9.78 Å². The average molecular weight is 346 g/mol. The quantitative estimate of drug-likeness (QED) is 0.529. The van der Waals surface area contributed by atoms with E-state index in [1.165, 1.54) is 0 Å². The van der Waals surface area contributed by atoms with Crippen molar-refractivity contribution in [2.75, 3.05) is 26.3 Å². The van der Waals surface area contributed by atoms with Crippen LogP contribution in [0.2, 0.25) is 0 Å². The third-order valence-electron chi connectivity index (χ3n) is 3.31. The van der Waals surface area contributed by atoms with Gasteiger partial charge in [0.25, 0.3) is 0 Å². The van der Waals surface area contributed by atoms with E-state index >= 15 is 0 Å². The van der Waals surface area contributed by atoms with Crippen LogP contribution in [0.15, 0.2) is 36.7 Å². The fraction of sp³-hybridized carbons (Fsp3) is 0.353. The number of hydrogen-bond acceptors (Lipinski definition) is 7. The second-order valence-corrected chi connectivity index (χ2v) is 5.35. The van der Waals surface area contributed by atoms with E-state index in [0.29, 0.717) is 42.6 Å². The van der Waals surface area contributed by atoms with Crippen molar-refractivity contribution in [1.29, 1.82) is 0 Å². The fourth-order valence-electron chi connectivity index (χ4n) is 2.00. The van der Waals surface area contributed by atoms with Crippen LogP contribution >= 0.6 is 0 Å². The smallest absolute Gasteiger partial charge is 0.248 e. The number of aliphatic hydroxyl groups excluding tert-OH is 1. The number of nitrogens with zero attached hydrogens (tertiary/aromatic N) is 2. The van der Waals surface area contributed by atoms with E-state index in [-0.39, 0.29) is 6.61 Å². The van der Waals surface area contributed by atoms with Crippen molar-refractivity contribution in [3.8, 4) is 11.6 Å². The normalized spacial score (nSPS) is 11.8. The lowest BCUT2D eigenvalue weighted by atomic mass is 10.2. The maximum Gasteiger partial charge on any atom is 0.248 e. The average Bonchev–Trinajstić information content (AvgIpc) is 2.61. The molecular weight excluding hydrogens is 324 g/mol. The van der Waals surface area contributed by atoms with Gasteiger partial charge < -0.3 is 25.6 Å². The van der Waals surface area contributed by atoms with Crippen molar-refractivity contribution >= 4 is 5.91 Å². The molecule has 1 aromatic heterocycles. The number of benzene rings is 1. The number of aliphatic hydroxyl groups is 1. The molecule has 0 saturated carbocycles. The van der Waals surface area contributed by atoms with Crippen LogP contribution in [-0.4, -0.2) is 53.4 Å². The summed E-state index contributed by atoms with van der Waals surface area (Å²) in [6.07, 6.45) is 2.46. The summed E-state index contributed by atoms with van der Waals surface area (Å²) >= 11 is 0. The summed E-state index contributed by atoms with van der Waals surface area (Å²) in [6, 6.07) is 6.60. The van der Waals surface area contributed by atoms with Gasteiger partial charge in [0.2, 0.25) is 11.8 Å². The van der Waals surface area contributed by atoms with E-state index in [2.05, 4.69) is 15.3 Å². The summed E-state index contributed by atoms with van der Waals surface area (Å²) in [6.45, 7) is 3.26. The summed E-state index contributed by atoms with van der Waals surface area (Å²) in [5.74, 6) is 0.596. The number of rotatable bonds is 10. The van der Waals surface area contributed by atoms with Gasteiger partial charge in [-0.15, -0.1) is 0 Å². The molecule has 1 amide bonds. The zero-order valence-electron chi connectivity index (χ0n) is 14.0. The van der Waals surface area contributed by atoms with Gasteiger partial charge in [0.05, 0.1) is 5.69 Å². The number of aryl methyl sites for hydroxylation is 1. The molecule has 0 aliphatic rings. The number of carbonyl (C=O) groups excluding carboxylic acids is 1. The molecule has 0 saturated heterocycles.